The summed E-state index contributed by atoms with van der Waals surface area (Å²) in [6, 6.07) is 18.6. The molecule has 4 rings (SSSR count). The number of amides is 1. The van der Waals surface area contributed by atoms with Crippen molar-refractivity contribution in [1.29, 1.82) is 0 Å². The van der Waals surface area contributed by atoms with Gasteiger partial charge in [0.2, 0.25) is 5.89 Å². The van der Waals surface area contributed by atoms with Gasteiger partial charge in [-0.15, -0.1) is 0 Å². The molecule has 5 nitrogen and oxygen atoms in total. The second-order valence-corrected chi connectivity index (χ2v) is 7.40. The van der Waals surface area contributed by atoms with Crippen molar-refractivity contribution in [3.63, 3.8) is 0 Å². The van der Waals surface area contributed by atoms with Crippen LogP contribution in [0.25, 0.3) is 22.6 Å². The van der Waals surface area contributed by atoms with Gasteiger partial charge in [-0.1, -0.05) is 36.7 Å². The summed E-state index contributed by atoms with van der Waals surface area (Å²) in [6.07, 6.45) is 0.762. The first kappa shape index (κ1) is 20.0. The number of hydrogen-bond donors (Lipinski definition) is 1. The van der Waals surface area contributed by atoms with E-state index in [-0.39, 0.29) is 12.5 Å². The zero-order chi connectivity index (χ0) is 21.1. The summed E-state index contributed by atoms with van der Waals surface area (Å²) in [5.41, 5.74) is 4.99. The number of oxazole rings is 1. The van der Waals surface area contributed by atoms with Gasteiger partial charge in [-0.05, 0) is 66.9 Å². The van der Waals surface area contributed by atoms with Gasteiger partial charge in [0, 0.05) is 16.3 Å². The molecular weight excluding hydrogens is 400 g/mol. The summed E-state index contributed by atoms with van der Waals surface area (Å²) in [7, 11) is 0. The van der Waals surface area contributed by atoms with Crippen molar-refractivity contribution in [3.05, 3.63) is 76.8 Å². The van der Waals surface area contributed by atoms with Gasteiger partial charge in [0.15, 0.2) is 12.2 Å². The zero-order valence-corrected chi connectivity index (χ0v) is 17.5. The Labute approximate surface area is 179 Å². The lowest BCUT2D eigenvalue weighted by Gasteiger charge is -2.11. The SMILES string of the molecule is CCc1cc(NC(=O)COc2ccccc2C)ccc1-c1nc2cc(Cl)ccc2o1. The topological polar surface area (TPSA) is 64.4 Å². The van der Waals surface area contributed by atoms with Crippen LogP contribution in [-0.4, -0.2) is 17.5 Å². The van der Waals surface area contributed by atoms with Crippen molar-refractivity contribution >= 4 is 34.3 Å². The number of halogens is 1. The summed E-state index contributed by atoms with van der Waals surface area (Å²) in [4.78, 5) is 16.9. The fraction of sp³-hybridized carbons (Fsp3) is 0.167. The minimum atomic E-state index is -0.218. The van der Waals surface area contributed by atoms with Gasteiger partial charge in [0.05, 0.1) is 0 Å². The van der Waals surface area contributed by atoms with Crippen molar-refractivity contribution in [3.8, 4) is 17.2 Å². The van der Waals surface area contributed by atoms with E-state index in [1.54, 1.807) is 12.1 Å². The molecule has 0 bridgehead atoms. The van der Waals surface area contributed by atoms with Crippen molar-refractivity contribution in [1.82, 2.24) is 4.98 Å². The lowest BCUT2D eigenvalue weighted by Crippen LogP contribution is -2.20. The Morgan fingerprint density at radius 1 is 1.13 bits per heavy atom. The first-order chi connectivity index (χ1) is 14.5. The Morgan fingerprint density at radius 2 is 1.97 bits per heavy atom. The quantitative estimate of drug-likeness (QED) is 0.413. The molecule has 4 aromatic rings. The monoisotopic (exact) mass is 420 g/mol. The number of carbonyl (C=O) groups is 1. The molecule has 0 atom stereocenters. The number of fused-ring (bicyclic) bond motifs is 1. The summed E-state index contributed by atoms with van der Waals surface area (Å²) in [6.45, 7) is 3.94. The van der Waals surface area contributed by atoms with Crippen molar-refractivity contribution in [2.75, 3.05) is 11.9 Å². The molecular formula is C24H21ClN2O3. The number of nitrogens with one attached hydrogen (secondary N) is 1. The highest BCUT2D eigenvalue weighted by molar-refractivity contribution is 6.31. The molecule has 6 heteroatoms. The molecule has 0 aliphatic rings. The van der Waals surface area contributed by atoms with Crippen LogP contribution in [0.4, 0.5) is 5.69 Å². The number of benzene rings is 3. The largest absolute Gasteiger partial charge is 0.483 e. The van der Waals surface area contributed by atoms with Crippen LogP contribution >= 0.6 is 11.6 Å². The second-order valence-electron chi connectivity index (χ2n) is 6.96. The number of rotatable bonds is 6. The van der Waals surface area contributed by atoms with Crippen LogP contribution in [0.2, 0.25) is 5.02 Å². The lowest BCUT2D eigenvalue weighted by molar-refractivity contribution is -0.118. The number of ether oxygens (including phenoxy) is 1. The Morgan fingerprint density at radius 3 is 2.77 bits per heavy atom. The lowest BCUT2D eigenvalue weighted by atomic mass is 10.0. The maximum absolute atomic E-state index is 12.3. The molecule has 152 valence electrons. The van der Waals surface area contributed by atoms with E-state index >= 15 is 0 Å². The van der Waals surface area contributed by atoms with Gasteiger partial charge in [-0.2, -0.15) is 0 Å². The molecule has 0 radical (unpaired) electrons. The molecule has 0 fully saturated rings. The molecule has 0 saturated carbocycles. The van der Waals surface area contributed by atoms with E-state index in [1.165, 1.54) is 0 Å². The molecule has 3 aromatic carbocycles. The van der Waals surface area contributed by atoms with Gasteiger partial charge >= 0.3 is 0 Å². The van der Waals surface area contributed by atoms with E-state index in [4.69, 9.17) is 20.8 Å². The highest BCUT2D eigenvalue weighted by atomic mass is 35.5. The predicted molar refractivity (Wildman–Crippen MR) is 119 cm³/mol. The Balaban J connectivity index is 1.50. The van der Waals surface area contributed by atoms with Crippen LogP contribution in [0.5, 0.6) is 5.75 Å². The van der Waals surface area contributed by atoms with Crippen LogP contribution in [0, 0.1) is 6.92 Å². The molecule has 1 heterocycles. The van der Waals surface area contributed by atoms with Crippen molar-refractivity contribution in [2.45, 2.75) is 20.3 Å². The number of carbonyl (C=O) groups excluding carboxylic acids is 1. The first-order valence-electron chi connectivity index (χ1n) is 9.71. The van der Waals surface area contributed by atoms with E-state index in [2.05, 4.69) is 10.3 Å². The van der Waals surface area contributed by atoms with E-state index in [9.17, 15) is 4.79 Å². The third kappa shape index (κ3) is 4.31. The van der Waals surface area contributed by atoms with Gasteiger partial charge in [-0.25, -0.2) is 4.98 Å². The Bertz CT molecular complexity index is 1220. The molecule has 0 spiro atoms. The maximum Gasteiger partial charge on any atom is 0.262 e. The number of aromatic nitrogens is 1. The summed E-state index contributed by atoms with van der Waals surface area (Å²) in [5, 5.41) is 3.50. The van der Waals surface area contributed by atoms with Crippen molar-refractivity contribution in [2.24, 2.45) is 0 Å². The molecule has 1 amide bonds. The van der Waals surface area contributed by atoms with Gasteiger partial charge in [0.1, 0.15) is 11.3 Å². The number of nitrogens with zero attached hydrogens (tertiary/aromatic N) is 1. The van der Waals surface area contributed by atoms with Crippen LogP contribution in [-0.2, 0) is 11.2 Å². The average Bonchev–Trinajstić information content (AvgIpc) is 3.16. The highest BCUT2D eigenvalue weighted by Crippen LogP contribution is 2.30. The second kappa shape index (κ2) is 8.59. The minimum absolute atomic E-state index is 0.0556. The summed E-state index contributed by atoms with van der Waals surface area (Å²) >= 11 is 6.04. The molecule has 0 saturated heterocycles. The number of aryl methyl sites for hydroxylation is 2. The standard InChI is InChI=1S/C24H21ClN2O3/c1-3-16-12-18(26-23(28)14-29-21-7-5-4-6-15(21)2)9-10-19(16)24-27-20-13-17(25)8-11-22(20)30-24/h4-13H,3,14H2,1-2H3,(H,26,28). The molecule has 30 heavy (non-hydrogen) atoms. The third-order valence-corrected chi connectivity index (χ3v) is 5.04. The van der Waals surface area contributed by atoms with Crippen LogP contribution < -0.4 is 10.1 Å². The summed E-state index contributed by atoms with van der Waals surface area (Å²) < 4.78 is 11.5. The zero-order valence-electron chi connectivity index (χ0n) is 16.7. The molecule has 0 aliphatic heterocycles. The average molecular weight is 421 g/mol. The maximum atomic E-state index is 12.3. The Hall–Kier alpha value is -3.31. The van der Waals surface area contributed by atoms with E-state index in [0.29, 0.717) is 33.4 Å². The van der Waals surface area contributed by atoms with Gasteiger partial charge < -0.3 is 14.5 Å². The number of anilines is 1. The first-order valence-corrected chi connectivity index (χ1v) is 10.1. The van der Waals surface area contributed by atoms with E-state index < -0.39 is 0 Å². The summed E-state index contributed by atoms with van der Waals surface area (Å²) in [5.74, 6) is 1.02. The number of para-hydroxylation sites is 1. The van der Waals surface area contributed by atoms with Gasteiger partial charge in [0.25, 0.3) is 5.91 Å². The fourth-order valence-electron chi connectivity index (χ4n) is 3.25. The number of hydrogen-bond acceptors (Lipinski definition) is 4. The van der Waals surface area contributed by atoms with Crippen LogP contribution in [0.1, 0.15) is 18.1 Å². The Kier molecular flexibility index (Phi) is 5.72. The van der Waals surface area contributed by atoms with Crippen LogP contribution in [0.3, 0.4) is 0 Å². The molecule has 1 aromatic heterocycles. The predicted octanol–water partition coefficient (Wildman–Crippen LogP) is 6.04. The van der Waals surface area contributed by atoms with Gasteiger partial charge in [-0.3, -0.25) is 4.79 Å². The van der Waals surface area contributed by atoms with E-state index in [1.807, 2.05) is 62.4 Å². The third-order valence-electron chi connectivity index (χ3n) is 4.80. The molecule has 0 aliphatic carbocycles. The minimum Gasteiger partial charge on any atom is -0.483 e. The normalized spacial score (nSPS) is 10.9. The van der Waals surface area contributed by atoms with Crippen LogP contribution in [0.15, 0.2) is 65.1 Å². The highest BCUT2D eigenvalue weighted by Gasteiger charge is 2.14. The smallest absolute Gasteiger partial charge is 0.262 e. The molecule has 1 N–H and O–H groups in total. The fourth-order valence-corrected chi connectivity index (χ4v) is 3.41. The van der Waals surface area contributed by atoms with E-state index in [0.717, 1.165) is 23.1 Å². The van der Waals surface area contributed by atoms with Crippen molar-refractivity contribution < 1.29 is 13.9 Å². The molecule has 0 unspecified atom stereocenters.